The Morgan fingerprint density at radius 1 is 1.10 bits per heavy atom. The lowest BCUT2D eigenvalue weighted by molar-refractivity contribution is 0.0952. The fourth-order valence-electron chi connectivity index (χ4n) is 2.57. The quantitative estimate of drug-likeness (QED) is 0.544. The van der Waals surface area contributed by atoms with Crippen molar-refractivity contribution in [2.75, 3.05) is 6.54 Å². The fraction of sp³-hybridized carbons (Fsp3) is 0.105. The Hall–Kier alpha value is -3.01. The average Bonchev–Trinajstić information content (AvgIpc) is 2.68. The van der Waals surface area contributed by atoms with Crippen molar-refractivity contribution < 1.29 is 13.2 Å². The molecule has 1 aromatic heterocycles. The second-order valence-electron chi connectivity index (χ2n) is 6.18. The number of benzene rings is 2. The van der Waals surface area contributed by atoms with Gasteiger partial charge in [0, 0.05) is 23.3 Å². The molecule has 0 atom stereocenters. The first-order chi connectivity index (χ1) is 13.7. The Kier molecular flexibility index (Phi) is 6.12. The highest BCUT2D eigenvalue weighted by Crippen LogP contribution is 2.16. The number of primary sulfonamides is 1. The van der Waals surface area contributed by atoms with E-state index in [1.807, 2.05) is 0 Å². The maximum Gasteiger partial charge on any atom is 0.264 e. The zero-order valence-electron chi connectivity index (χ0n) is 15.1. The summed E-state index contributed by atoms with van der Waals surface area (Å²) < 4.78 is 22.5. The van der Waals surface area contributed by atoms with Crippen molar-refractivity contribution in [3.8, 4) is 11.4 Å². The van der Waals surface area contributed by atoms with Crippen molar-refractivity contribution in [2.24, 2.45) is 5.14 Å². The van der Waals surface area contributed by atoms with Gasteiger partial charge in [0.2, 0.25) is 10.0 Å². The molecule has 1 heterocycles. The molecule has 150 valence electrons. The number of nitrogens with one attached hydrogen (secondary N) is 2. The van der Waals surface area contributed by atoms with Crippen LogP contribution in [0.15, 0.2) is 64.4 Å². The molecule has 0 saturated heterocycles. The Balaban J connectivity index is 1.62. The molecule has 3 aromatic rings. The Morgan fingerprint density at radius 3 is 2.34 bits per heavy atom. The molecule has 0 aliphatic rings. The summed E-state index contributed by atoms with van der Waals surface area (Å²) in [4.78, 5) is 31.2. The number of rotatable bonds is 6. The second kappa shape index (κ2) is 8.56. The van der Waals surface area contributed by atoms with E-state index in [2.05, 4.69) is 15.3 Å². The topological polar surface area (TPSA) is 135 Å². The van der Waals surface area contributed by atoms with Gasteiger partial charge in [-0.3, -0.25) is 9.59 Å². The largest absolute Gasteiger partial charge is 0.351 e. The molecule has 0 aliphatic carbocycles. The minimum Gasteiger partial charge on any atom is -0.351 e. The highest BCUT2D eigenvalue weighted by atomic mass is 35.5. The van der Waals surface area contributed by atoms with Crippen LogP contribution in [0.5, 0.6) is 0 Å². The van der Waals surface area contributed by atoms with Crippen LogP contribution in [0, 0.1) is 0 Å². The first-order valence-corrected chi connectivity index (χ1v) is 10.4. The van der Waals surface area contributed by atoms with E-state index in [9.17, 15) is 18.0 Å². The molecular weight excluding hydrogens is 416 g/mol. The third-order valence-electron chi connectivity index (χ3n) is 4.11. The van der Waals surface area contributed by atoms with Crippen LogP contribution >= 0.6 is 11.6 Å². The van der Waals surface area contributed by atoms with Crippen LogP contribution in [0.3, 0.4) is 0 Å². The van der Waals surface area contributed by atoms with Crippen LogP contribution in [-0.2, 0) is 16.4 Å². The number of H-pyrrole nitrogens is 1. The number of halogens is 1. The van der Waals surface area contributed by atoms with Crippen molar-refractivity contribution in [1.82, 2.24) is 15.3 Å². The van der Waals surface area contributed by atoms with Gasteiger partial charge in [0.05, 0.1) is 4.90 Å². The maximum atomic E-state index is 12.2. The molecule has 8 nitrogen and oxygen atoms in total. The maximum absolute atomic E-state index is 12.2. The number of carbonyl (C=O) groups excluding carboxylic acids is 1. The summed E-state index contributed by atoms with van der Waals surface area (Å²) in [5.74, 6) is -0.222. The molecule has 29 heavy (non-hydrogen) atoms. The molecular formula is C19H17ClN4O4S. The van der Waals surface area contributed by atoms with Gasteiger partial charge in [-0.05, 0) is 48.4 Å². The van der Waals surface area contributed by atoms with E-state index in [1.165, 1.54) is 18.3 Å². The number of nitrogens with two attached hydrogens (primary N) is 1. The minimum atomic E-state index is -3.74. The van der Waals surface area contributed by atoms with Gasteiger partial charge in [0.1, 0.15) is 11.4 Å². The van der Waals surface area contributed by atoms with Gasteiger partial charge in [-0.2, -0.15) is 0 Å². The van der Waals surface area contributed by atoms with Crippen molar-refractivity contribution in [3.63, 3.8) is 0 Å². The summed E-state index contributed by atoms with van der Waals surface area (Å²) in [5, 5.41) is 8.25. The number of carbonyl (C=O) groups is 1. The monoisotopic (exact) mass is 432 g/mol. The van der Waals surface area contributed by atoms with Crippen LogP contribution in [-0.4, -0.2) is 30.8 Å². The van der Waals surface area contributed by atoms with Gasteiger partial charge in [-0.1, -0.05) is 23.7 Å². The minimum absolute atomic E-state index is 0.0173. The molecule has 0 radical (unpaired) electrons. The SMILES string of the molecule is NS(=O)(=O)c1ccc(CCNC(=O)c2cnc(-c3ccc(Cl)cc3)[nH]c2=O)cc1. The zero-order valence-corrected chi connectivity index (χ0v) is 16.6. The summed E-state index contributed by atoms with van der Waals surface area (Å²) in [6.45, 7) is 0.256. The lowest BCUT2D eigenvalue weighted by Crippen LogP contribution is -2.31. The van der Waals surface area contributed by atoms with E-state index >= 15 is 0 Å². The Bertz CT molecular complexity index is 1190. The number of sulfonamides is 1. The van der Waals surface area contributed by atoms with E-state index in [4.69, 9.17) is 16.7 Å². The van der Waals surface area contributed by atoms with Crippen LogP contribution < -0.4 is 16.0 Å². The zero-order chi connectivity index (χ0) is 21.0. The smallest absolute Gasteiger partial charge is 0.264 e. The molecule has 0 aliphatic heterocycles. The van der Waals surface area contributed by atoms with Crippen LogP contribution in [0.2, 0.25) is 5.02 Å². The van der Waals surface area contributed by atoms with Gasteiger partial charge in [-0.15, -0.1) is 0 Å². The van der Waals surface area contributed by atoms with Gasteiger partial charge in [0.25, 0.3) is 11.5 Å². The Labute approximate surface area is 171 Å². The summed E-state index contributed by atoms with van der Waals surface area (Å²) >= 11 is 5.84. The highest BCUT2D eigenvalue weighted by molar-refractivity contribution is 7.89. The van der Waals surface area contributed by atoms with E-state index in [0.29, 0.717) is 22.8 Å². The van der Waals surface area contributed by atoms with Crippen molar-refractivity contribution in [1.29, 1.82) is 0 Å². The second-order valence-corrected chi connectivity index (χ2v) is 8.17. The van der Waals surface area contributed by atoms with Gasteiger partial charge in [-0.25, -0.2) is 18.5 Å². The molecule has 0 unspecified atom stereocenters. The summed E-state index contributed by atoms with van der Waals surface area (Å²) in [5.41, 5.74) is 0.816. The molecule has 0 bridgehead atoms. The Morgan fingerprint density at radius 2 is 1.76 bits per heavy atom. The number of hydrogen-bond donors (Lipinski definition) is 3. The normalized spacial score (nSPS) is 11.2. The third kappa shape index (κ3) is 5.29. The standard InChI is InChI=1S/C19H17ClN4O4S/c20-14-5-3-13(4-6-14)17-23-11-16(19(26)24-17)18(25)22-10-9-12-1-7-15(8-2-12)29(21,27)28/h1-8,11H,9-10H2,(H,22,25)(H2,21,27,28)(H,23,24,26). The number of aromatic nitrogens is 2. The molecule has 2 aromatic carbocycles. The van der Waals surface area contributed by atoms with Crippen molar-refractivity contribution in [2.45, 2.75) is 11.3 Å². The first-order valence-electron chi connectivity index (χ1n) is 8.49. The van der Waals surface area contributed by atoms with Gasteiger partial charge >= 0.3 is 0 Å². The van der Waals surface area contributed by atoms with Gasteiger partial charge < -0.3 is 10.3 Å². The summed E-state index contributed by atoms with van der Waals surface area (Å²) in [6.07, 6.45) is 1.67. The molecule has 0 spiro atoms. The number of aromatic amines is 1. The van der Waals surface area contributed by atoms with Crippen molar-refractivity contribution >= 4 is 27.5 Å². The van der Waals surface area contributed by atoms with Gasteiger partial charge in [0.15, 0.2) is 0 Å². The number of amides is 1. The van der Waals surface area contributed by atoms with Crippen LogP contribution in [0.25, 0.3) is 11.4 Å². The molecule has 1 amide bonds. The lowest BCUT2D eigenvalue weighted by Gasteiger charge is -2.07. The first kappa shape index (κ1) is 20.7. The number of hydrogen-bond acceptors (Lipinski definition) is 5. The molecule has 4 N–H and O–H groups in total. The average molecular weight is 433 g/mol. The lowest BCUT2D eigenvalue weighted by atomic mass is 10.1. The van der Waals surface area contributed by atoms with Crippen molar-refractivity contribution in [3.05, 3.63) is 81.2 Å². The summed E-state index contributed by atoms with van der Waals surface area (Å²) in [7, 11) is -3.74. The summed E-state index contributed by atoms with van der Waals surface area (Å²) in [6, 6.07) is 12.8. The molecule has 0 saturated carbocycles. The molecule has 3 rings (SSSR count). The number of nitrogens with zero attached hydrogens (tertiary/aromatic N) is 1. The molecule has 10 heteroatoms. The third-order valence-corrected chi connectivity index (χ3v) is 5.29. The predicted octanol–water partition coefficient (Wildman–Crippen LogP) is 1.71. The van der Waals surface area contributed by atoms with E-state index in [0.717, 1.165) is 5.56 Å². The van der Waals surface area contributed by atoms with E-state index in [1.54, 1.807) is 36.4 Å². The van der Waals surface area contributed by atoms with Crippen LogP contribution in [0.1, 0.15) is 15.9 Å². The predicted molar refractivity (Wildman–Crippen MR) is 109 cm³/mol. The van der Waals surface area contributed by atoms with Crippen LogP contribution in [0.4, 0.5) is 0 Å². The highest BCUT2D eigenvalue weighted by Gasteiger charge is 2.12. The molecule has 0 fully saturated rings. The van der Waals surface area contributed by atoms with E-state index in [-0.39, 0.29) is 17.0 Å². The van der Waals surface area contributed by atoms with E-state index < -0.39 is 21.5 Å². The fourth-order valence-corrected chi connectivity index (χ4v) is 3.21.